The number of ether oxygens (including phenoxy) is 2. The number of hydrogen-bond donors (Lipinski definition) is 0. The number of hydrogen-bond acceptors (Lipinski definition) is 5. The topological polar surface area (TPSA) is 48.7 Å². The van der Waals surface area contributed by atoms with Crippen LogP contribution >= 0.6 is 11.3 Å². The number of aromatic nitrogens is 3. The first-order chi connectivity index (χ1) is 12.8. The molecule has 26 heavy (non-hydrogen) atoms. The normalized spacial score (nSPS) is 12.2. The predicted octanol–water partition coefficient (Wildman–Crippen LogP) is 3.97. The lowest BCUT2D eigenvalue weighted by Gasteiger charge is -2.10. The predicted molar refractivity (Wildman–Crippen MR) is 101 cm³/mol. The van der Waals surface area contributed by atoms with Gasteiger partial charge in [0.1, 0.15) is 0 Å². The van der Waals surface area contributed by atoms with Gasteiger partial charge in [-0.2, -0.15) is 0 Å². The van der Waals surface area contributed by atoms with E-state index in [1.807, 2.05) is 28.8 Å². The highest BCUT2D eigenvalue weighted by Gasteiger charge is 2.28. The van der Waals surface area contributed by atoms with Crippen LogP contribution in [0.4, 0.5) is 0 Å². The van der Waals surface area contributed by atoms with Gasteiger partial charge in [0.25, 0.3) is 0 Å². The van der Waals surface area contributed by atoms with Crippen molar-refractivity contribution >= 4 is 16.3 Å². The summed E-state index contributed by atoms with van der Waals surface area (Å²) >= 11 is 1.71. The number of benzene rings is 2. The molecule has 4 aromatic rings. The van der Waals surface area contributed by atoms with Crippen molar-refractivity contribution in [3.05, 3.63) is 64.3 Å². The van der Waals surface area contributed by atoms with Gasteiger partial charge in [-0.05, 0) is 23.3 Å². The lowest BCUT2D eigenvalue weighted by molar-refractivity contribution is 0.355. The van der Waals surface area contributed by atoms with E-state index in [9.17, 15) is 0 Å². The Bertz CT molecular complexity index is 1120. The van der Waals surface area contributed by atoms with E-state index >= 15 is 0 Å². The molecule has 0 N–H and O–H groups in total. The van der Waals surface area contributed by atoms with Gasteiger partial charge in [0.05, 0.1) is 19.9 Å². The molecule has 0 aliphatic heterocycles. The summed E-state index contributed by atoms with van der Waals surface area (Å²) in [6, 6.07) is 14.4. The highest BCUT2D eigenvalue weighted by Crippen LogP contribution is 2.45. The monoisotopic (exact) mass is 363 g/mol. The van der Waals surface area contributed by atoms with Gasteiger partial charge >= 0.3 is 0 Å². The maximum absolute atomic E-state index is 5.48. The third kappa shape index (κ3) is 2.29. The first kappa shape index (κ1) is 15.4. The van der Waals surface area contributed by atoms with E-state index in [1.54, 1.807) is 25.6 Å². The van der Waals surface area contributed by atoms with Crippen molar-refractivity contribution in [2.45, 2.75) is 12.8 Å². The van der Waals surface area contributed by atoms with Gasteiger partial charge < -0.3 is 9.47 Å². The quantitative estimate of drug-likeness (QED) is 0.485. The average Bonchev–Trinajstić information content (AvgIpc) is 3.29. The van der Waals surface area contributed by atoms with Crippen LogP contribution in [0.25, 0.3) is 16.2 Å². The van der Waals surface area contributed by atoms with E-state index in [4.69, 9.17) is 19.6 Å². The molecule has 5 nitrogen and oxygen atoms in total. The molecule has 0 unspecified atom stereocenters. The van der Waals surface area contributed by atoms with Crippen molar-refractivity contribution in [3.8, 4) is 22.8 Å². The number of rotatable bonds is 4. The molecule has 5 rings (SSSR count). The van der Waals surface area contributed by atoms with Crippen LogP contribution in [0.1, 0.15) is 21.8 Å². The summed E-state index contributed by atoms with van der Waals surface area (Å²) in [7, 11) is 3.33. The zero-order valence-corrected chi connectivity index (χ0v) is 15.3. The third-order valence-electron chi connectivity index (χ3n) is 4.73. The largest absolute Gasteiger partial charge is 0.493 e. The van der Waals surface area contributed by atoms with Crippen LogP contribution in [-0.2, 0) is 12.8 Å². The highest BCUT2D eigenvalue weighted by atomic mass is 32.1. The Balaban J connectivity index is 1.60. The Labute approximate surface area is 154 Å². The molecule has 6 heteroatoms. The summed E-state index contributed by atoms with van der Waals surface area (Å²) in [6.45, 7) is 0. The molecule has 0 saturated carbocycles. The van der Waals surface area contributed by atoms with Gasteiger partial charge in [-0.3, -0.25) is 0 Å². The molecule has 0 spiro atoms. The molecule has 2 aromatic heterocycles. The lowest BCUT2D eigenvalue weighted by Crippen LogP contribution is -1.95. The van der Waals surface area contributed by atoms with E-state index < -0.39 is 0 Å². The summed E-state index contributed by atoms with van der Waals surface area (Å²) in [5.74, 6) is 2.35. The van der Waals surface area contributed by atoms with Crippen molar-refractivity contribution in [3.63, 3.8) is 0 Å². The molecule has 130 valence electrons. The first-order valence-corrected chi connectivity index (χ1v) is 9.25. The van der Waals surface area contributed by atoms with E-state index in [0.717, 1.165) is 46.4 Å². The minimum absolute atomic E-state index is 0.739. The number of methoxy groups -OCH3 is 2. The molecule has 0 atom stereocenters. The van der Waals surface area contributed by atoms with Gasteiger partial charge in [-0.25, -0.2) is 9.50 Å². The molecular weight excluding hydrogens is 346 g/mol. The van der Waals surface area contributed by atoms with Crippen LogP contribution < -0.4 is 9.47 Å². The zero-order valence-electron chi connectivity index (χ0n) is 14.5. The van der Waals surface area contributed by atoms with E-state index in [-0.39, 0.29) is 0 Å². The van der Waals surface area contributed by atoms with Crippen molar-refractivity contribution in [1.82, 2.24) is 14.6 Å². The molecule has 0 radical (unpaired) electrons. The van der Waals surface area contributed by atoms with Crippen LogP contribution in [0.15, 0.2) is 42.5 Å². The molecule has 0 saturated heterocycles. The molecular formula is C20H17N3O2S. The van der Waals surface area contributed by atoms with Crippen molar-refractivity contribution in [2.75, 3.05) is 14.2 Å². The average molecular weight is 363 g/mol. The fraction of sp³-hybridized carbons (Fsp3) is 0.200. The SMILES string of the molecule is COc1cc2c(cc1OC)-c1c(sc3nc(Cc4ccccc4)nn13)C2. The molecule has 0 fully saturated rings. The standard InChI is InChI=1S/C20H17N3O2S/c1-24-15-9-13-10-17-19(14(13)11-16(15)25-2)23-20(26-17)21-18(22-23)8-12-6-4-3-5-7-12/h3-7,9,11H,8,10H2,1-2H3. The lowest BCUT2D eigenvalue weighted by atomic mass is 10.1. The Morgan fingerprint density at radius 1 is 1.08 bits per heavy atom. The van der Waals surface area contributed by atoms with Crippen LogP contribution in [0.5, 0.6) is 11.5 Å². The summed E-state index contributed by atoms with van der Waals surface area (Å²) in [4.78, 5) is 6.97. The number of nitrogens with zero attached hydrogens (tertiary/aromatic N) is 3. The summed E-state index contributed by atoms with van der Waals surface area (Å²) in [5.41, 5.74) is 4.74. The van der Waals surface area contributed by atoms with E-state index in [1.165, 1.54) is 16.0 Å². The summed E-state index contributed by atoms with van der Waals surface area (Å²) in [5, 5.41) is 4.78. The first-order valence-electron chi connectivity index (χ1n) is 8.43. The van der Waals surface area contributed by atoms with Crippen LogP contribution in [0.3, 0.4) is 0 Å². The van der Waals surface area contributed by atoms with Gasteiger partial charge in [0, 0.05) is 23.3 Å². The van der Waals surface area contributed by atoms with Gasteiger partial charge in [-0.1, -0.05) is 41.7 Å². The minimum Gasteiger partial charge on any atom is -0.493 e. The summed E-state index contributed by atoms with van der Waals surface area (Å²) < 4.78 is 12.9. The number of fused-ring (bicyclic) bond motifs is 5. The fourth-order valence-corrected chi connectivity index (χ4v) is 4.64. The smallest absolute Gasteiger partial charge is 0.213 e. The Kier molecular flexibility index (Phi) is 3.46. The van der Waals surface area contributed by atoms with Gasteiger partial charge in [0.15, 0.2) is 17.3 Å². The Morgan fingerprint density at radius 3 is 2.62 bits per heavy atom. The molecule has 1 aliphatic rings. The minimum atomic E-state index is 0.739. The van der Waals surface area contributed by atoms with Crippen molar-refractivity contribution in [2.24, 2.45) is 0 Å². The second kappa shape index (κ2) is 5.85. The number of thiazole rings is 1. The van der Waals surface area contributed by atoms with E-state index in [0.29, 0.717) is 0 Å². The zero-order chi connectivity index (χ0) is 17.7. The van der Waals surface area contributed by atoms with Crippen molar-refractivity contribution in [1.29, 1.82) is 0 Å². The molecule has 0 bridgehead atoms. The molecule has 0 amide bonds. The third-order valence-corrected chi connectivity index (χ3v) is 5.76. The maximum atomic E-state index is 5.48. The van der Waals surface area contributed by atoms with Crippen LogP contribution in [0, 0.1) is 0 Å². The van der Waals surface area contributed by atoms with Crippen LogP contribution in [-0.4, -0.2) is 28.8 Å². The fourth-order valence-electron chi connectivity index (χ4n) is 3.52. The Morgan fingerprint density at radius 2 is 1.85 bits per heavy atom. The second-order valence-electron chi connectivity index (χ2n) is 6.30. The van der Waals surface area contributed by atoms with Crippen LogP contribution in [0.2, 0.25) is 0 Å². The van der Waals surface area contributed by atoms with Gasteiger partial charge in [0.2, 0.25) is 4.96 Å². The van der Waals surface area contributed by atoms with Gasteiger partial charge in [-0.15, -0.1) is 5.10 Å². The highest BCUT2D eigenvalue weighted by molar-refractivity contribution is 7.17. The molecule has 2 heterocycles. The second-order valence-corrected chi connectivity index (χ2v) is 7.36. The Hall–Kier alpha value is -2.86. The maximum Gasteiger partial charge on any atom is 0.213 e. The molecule has 2 aromatic carbocycles. The van der Waals surface area contributed by atoms with E-state index in [2.05, 4.69) is 18.2 Å². The summed E-state index contributed by atoms with van der Waals surface area (Å²) in [6.07, 6.45) is 1.62. The molecule has 1 aliphatic carbocycles. The van der Waals surface area contributed by atoms with Crippen molar-refractivity contribution < 1.29 is 9.47 Å².